The van der Waals surface area contributed by atoms with Gasteiger partial charge in [0.25, 0.3) is 0 Å². The zero-order valence-electron chi connectivity index (χ0n) is 9.51. The van der Waals surface area contributed by atoms with Crippen LogP contribution in [0.5, 0.6) is 0 Å². The van der Waals surface area contributed by atoms with Crippen LogP contribution in [0, 0.1) is 5.92 Å². The summed E-state index contributed by atoms with van der Waals surface area (Å²) in [6, 6.07) is 0.0441. The largest absolute Gasteiger partial charge is 0.353 e. The number of carbonyl (C=O) groups is 1. The van der Waals surface area contributed by atoms with E-state index in [1.165, 1.54) is 12.8 Å². The molecule has 2 fully saturated rings. The summed E-state index contributed by atoms with van der Waals surface area (Å²) in [5.74, 6) is 0.676. The van der Waals surface area contributed by atoms with E-state index in [1.54, 1.807) is 0 Å². The monoisotopic (exact) mass is 228 g/mol. The van der Waals surface area contributed by atoms with Crippen LogP contribution in [0.1, 0.15) is 26.2 Å². The first-order valence-corrected chi connectivity index (χ1v) is 6.96. The van der Waals surface area contributed by atoms with Crippen LogP contribution >= 0.6 is 11.8 Å². The molecule has 1 aliphatic carbocycles. The van der Waals surface area contributed by atoms with Crippen LogP contribution in [0.2, 0.25) is 0 Å². The number of nitrogens with one attached hydrogen (secondary N) is 2. The van der Waals surface area contributed by atoms with E-state index in [0.717, 1.165) is 19.5 Å². The van der Waals surface area contributed by atoms with Crippen LogP contribution in [0.4, 0.5) is 0 Å². The number of amides is 1. The number of rotatable bonds is 4. The minimum Gasteiger partial charge on any atom is -0.353 e. The Morgan fingerprint density at radius 2 is 2.33 bits per heavy atom. The minimum absolute atomic E-state index is 0.0441. The van der Waals surface area contributed by atoms with E-state index in [9.17, 15) is 4.79 Å². The summed E-state index contributed by atoms with van der Waals surface area (Å²) in [4.78, 5) is 11.9. The Kier molecular flexibility index (Phi) is 3.26. The maximum Gasteiger partial charge on any atom is 0.237 e. The van der Waals surface area contributed by atoms with Crippen LogP contribution in [0.15, 0.2) is 0 Å². The summed E-state index contributed by atoms with van der Waals surface area (Å²) in [6.45, 7) is 3.97. The van der Waals surface area contributed by atoms with Crippen molar-refractivity contribution in [2.24, 2.45) is 5.92 Å². The molecule has 86 valence electrons. The van der Waals surface area contributed by atoms with Crippen LogP contribution in [-0.2, 0) is 4.79 Å². The molecular formula is C11H20N2OS. The van der Waals surface area contributed by atoms with Crippen molar-refractivity contribution in [2.75, 3.05) is 19.3 Å². The van der Waals surface area contributed by atoms with Crippen molar-refractivity contribution in [3.05, 3.63) is 0 Å². The summed E-state index contributed by atoms with van der Waals surface area (Å²) in [6.07, 6.45) is 5.76. The lowest BCUT2D eigenvalue weighted by molar-refractivity contribution is -0.123. The molecule has 0 aromatic carbocycles. The molecular weight excluding hydrogens is 208 g/mol. The first-order chi connectivity index (χ1) is 7.17. The van der Waals surface area contributed by atoms with Gasteiger partial charge in [-0.15, -0.1) is 0 Å². The lowest BCUT2D eigenvalue weighted by Gasteiger charge is -2.18. The zero-order chi connectivity index (χ0) is 10.9. The number of hydrogen-bond acceptors (Lipinski definition) is 3. The van der Waals surface area contributed by atoms with Crippen LogP contribution in [0.25, 0.3) is 0 Å². The van der Waals surface area contributed by atoms with Gasteiger partial charge in [0.05, 0.1) is 6.04 Å². The molecule has 1 saturated heterocycles. The van der Waals surface area contributed by atoms with Crippen molar-refractivity contribution < 1.29 is 4.79 Å². The van der Waals surface area contributed by atoms with Gasteiger partial charge in [0, 0.05) is 11.3 Å². The SMILES string of the molecule is CSC1(CNC(=O)C2NCCC2C)CC1. The number of thioether (sulfide) groups is 1. The lowest BCUT2D eigenvalue weighted by Crippen LogP contribution is -2.45. The van der Waals surface area contributed by atoms with Gasteiger partial charge in [-0.25, -0.2) is 0 Å². The quantitative estimate of drug-likeness (QED) is 0.754. The van der Waals surface area contributed by atoms with Gasteiger partial charge in [0.15, 0.2) is 0 Å². The Hall–Kier alpha value is -0.220. The second kappa shape index (κ2) is 4.34. The molecule has 2 unspecified atom stereocenters. The second-order valence-corrected chi connectivity index (χ2v) is 6.08. The first-order valence-electron chi connectivity index (χ1n) is 5.73. The normalized spacial score (nSPS) is 32.7. The van der Waals surface area contributed by atoms with Crippen molar-refractivity contribution >= 4 is 17.7 Å². The topological polar surface area (TPSA) is 41.1 Å². The fourth-order valence-corrected chi connectivity index (χ4v) is 2.86. The predicted octanol–water partition coefficient (Wildman–Crippen LogP) is 0.996. The van der Waals surface area contributed by atoms with Crippen molar-refractivity contribution in [1.29, 1.82) is 0 Å². The number of carbonyl (C=O) groups excluding carboxylic acids is 1. The number of hydrogen-bond donors (Lipinski definition) is 2. The average molecular weight is 228 g/mol. The third kappa shape index (κ3) is 2.48. The van der Waals surface area contributed by atoms with Gasteiger partial charge in [-0.3, -0.25) is 4.79 Å². The molecule has 2 atom stereocenters. The Labute approximate surface area is 95.8 Å². The van der Waals surface area contributed by atoms with Gasteiger partial charge in [-0.1, -0.05) is 6.92 Å². The second-order valence-electron chi connectivity index (χ2n) is 4.80. The van der Waals surface area contributed by atoms with Crippen molar-refractivity contribution in [2.45, 2.75) is 37.0 Å². The molecule has 0 bridgehead atoms. The van der Waals surface area contributed by atoms with Gasteiger partial charge in [0.1, 0.15) is 0 Å². The van der Waals surface area contributed by atoms with Crippen LogP contribution < -0.4 is 10.6 Å². The highest BCUT2D eigenvalue weighted by atomic mass is 32.2. The zero-order valence-corrected chi connectivity index (χ0v) is 10.3. The van der Waals surface area contributed by atoms with Crippen molar-refractivity contribution in [1.82, 2.24) is 10.6 Å². The summed E-state index contributed by atoms with van der Waals surface area (Å²) < 4.78 is 0.373. The van der Waals surface area contributed by atoms with Crippen molar-refractivity contribution in [3.8, 4) is 0 Å². The molecule has 0 spiro atoms. The van der Waals surface area contributed by atoms with Gasteiger partial charge in [0.2, 0.25) is 5.91 Å². The highest BCUT2D eigenvalue weighted by Crippen LogP contribution is 2.46. The summed E-state index contributed by atoms with van der Waals surface area (Å²) in [5.41, 5.74) is 0. The van der Waals surface area contributed by atoms with E-state index in [1.807, 2.05) is 11.8 Å². The Morgan fingerprint density at radius 1 is 1.60 bits per heavy atom. The smallest absolute Gasteiger partial charge is 0.237 e. The van der Waals surface area contributed by atoms with E-state index < -0.39 is 0 Å². The third-order valence-electron chi connectivity index (χ3n) is 3.64. The van der Waals surface area contributed by atoms with Crippen molar-refractivity contribution in [3.63, 3.8) is 0 Å². The molecule has 1 aliphatic heterocycles. The van der Waals surface area contributed by atoms with E-state index in [4.69, 9.17) is 0 Å². The molecule has 2 N–H and O–H groups in total. The Bertz CT molecular complexity index is 253. The Morgan fingerprint density at radius 3 is 2.80 bits per heavy atom. The molecule has 0 aromatic heterocycles. The Balaban J connectivity index is 1.77. The summed E-state index contributed by atoms with van der Waals surface area (Å²) in [5, 5.41) is 6.35. The molecule has 4 heteroatoms. The van der Waals surface area contributed by atoms with Gasteiger partial charge in [-0.05, 0) is 38.0 Å². The fourth-order valence-electron chi connectivity index (χ4n) is 2.14. The van der Waals surface area contributed by atoms with Gasteiger partial charge >= 0.3 is 0 Å². The molecule has 1 amide bonds. The molecule has 1 saturated carbocycles. The molecule has 0 radical (unpaired) electrons. The molecule has 2 rings (SSSR count). The lowest BCUT2D eigenvalue weighted by atomic mass is 10.0. The van der Waals surface area contributed by atoms with Gasteiger partial charge < -0.3 is 10.6 Å². The first kappa shape index (κ1) is 11.3. The van der Waals surface area contributed by atoms with E-state index in [2.05, 4.69) is 23.8 Å². The predicted molar refractivity (Wildman–Crippen MR) is 64.1 cm³/mol. The molecule has 15 heavy (non-hydrogen) atoms. The van der Waals surface area contributed by atoms with E-state index in [0.29, 0.717) is 10.7 Å². The molecule has 1 heterocycles. The van der Waals surface area contributed by atoms with Crippen LogP contribution in [-0.4, -0.2) is 36.0 Å². The molecule has 3 nitrogen and oxygen atoms in total. The maximum atomic E-state index is 11.9. The third-order valence-corrected chi connectivity index (χ3v) is 5.06. The fraction of sp³-hybridized carbons (Fsp3) is 0.909. The standard InChI is InChI=1S/C11H20N2OS/c1-8-3-6-12-9(8)10(14)13-7-11(15-2)4-5-11/h8-9,12H,3-7H2,1-2H3,(H,13,14). The highest BCUT2D eigenvalue weighted by molar-refractivity contribution is 8.00. The maximum absolute atomic E-state index is 11.9. The molecule has 0 aromatic rings. The molecule has 2 aliphatic rings. The van der Waals surface area contributed by atoms with E-state index >= 15 is 0 Å². The summed E-state index contributed by atoms with van der Waals surface area (Å²) in [7, 11) is 0. The summed E-state index contributed by atoms with van der Waals surface area (Å²) >= 11 is 1.89. The van der Waals surface area contributed by atoms with E-state index in [-0.39, 0.29) is 11.9 Å². The minimum atomic E-state index is 0.0441. The van der Waals surface area contributed by atoms with Gasteiger partial charge in [-0.2, -0.15) is 11.8 Å². The average Bonchev–Trinajstić information content (AvgIpc) is 2.91. The highest BCUT2D eigenvalue weighted by Gasteiger charge is 2.42. The van der Waals surface area contributed by atoms with Crippen LogP contribution in [0.3, 0.4) is 0 Å².